The van der Waals surface area contributed by atoms with Gasteiger partial charge >= 0.3 is 0 Å². The molecule has 1 aromatic heterocycles. The van der Waals surface area contributed by atoms with Gasteiger partial charge in [0.05, 0.1) is 12.1 Å². The Hall–Kier alpha value is -3.58. The first-order chi connectivity index (χ1) is 17.8. The second-order valence-corrected chi connectivity index (χ2v) is 10.5. The normalized spacial score (nSPS) is 16.7. The Bertz CT molecular complexity index is 1280. The number of benzene rings is 2. The van der Waals surface area contributed by atoms with Gasteiger partial charge in [0.2, 0.25) is 5.88 Å². The molecule has 1 aliphatic heterocycles. The van der Waals surface area contributed by atoms with Crippen molar-refractivity contribution in [1.29, 1.82) is 0 Å². The first kappa shape index (κ1) is 25.1. The van der Waals surface area contributed by atoms with Crippen molar-refractivity contribution in [2.45, 2.75) is 38.6 Å². The molecule has 0 radical (unpaired) electrons. The molecule has 1 aliphatic carbocycles. The van der Waals surface area contributed by atoms with Crippen LogP contribution in [-0.4, -0.2) is 47.9 Å². The standard InChI is InChI=1S/C29H30ClN3O4/c1-19-13-21(15-25(14-19)36-2)27(34)32-23-16-29(17-23)9-11-33(12-10-29)28(35)20-3-6-24(7-4-20)37-26-8-5-22(30)18-31-26/h3-8,13-15,18,23H,9-12,16-17H2,1-2H3,(H,32,34). The van der Waals surface area contributed by atoms with Crippen LogP contribution in [-0.2, 0) is 0 Å². The van der Waals surface area contributed by atoms with Crippen molar-refractivity contribution >= 4 is 23.4 Å². The zero-order chi connectivity index (χ0) is 26.0. The Kier molecular flexibility index (Phi) is 7.07. The number of piperidine rings is 1. The lowest BCUT2D eigenvalue weighted by Crippen LogP contribution is -2.55. The zero-order valence-electron chi connectivity index (χ0n) is 21.0. The van der Waals surface area contributed by atoms with Gasteiger partial charge in [0.1, 0.15) is 11.5 Å². The smallest absolute Gasteiger partial charge is 0.253 e. The highest BCUT2D eigenvalue weighted by Crippen LogP contribution is 2.49. The number of nitrogens with zero attached hydrogens (tertiary/aromatic N) is 2. The number of aryl methyl sites for hydroxylation is 1. The Morgan fingerprint density at radius 2 is 1.73 bits per heavy atom. The minimum Gasteiger partial charge on any atom is -0.497 e. The molecule has 1 saturated heterocycles. The fourth-order valence-electron chi connectivity index (χ4n) is 5.34. The monoisotopic (exact) mass is 519 g/mol. The van der Waals surface area contributed by atoms with Crippen LogP contribution in [0.25, 0.3) is 0 Å². The molecular weight excluding hydrogens is 490 g/mol. The van der Waals surface area contributed by atoms with Crippen molar-refractivity contribution in [3.8, 4) is 17.4 Å². The van der Waals surface area contributed by atoms with E-state index in [1.807, 2.05) is 24.0 Å². The maximum atomic E-state index is 13.1. The number of carbonyl (C=O) groups excluding carboxylic acids is 2. The maximum absolute atomic E-state index is 13.1. The molecule has 192 valence electrons. The average Bonchev–Trinajstić information content (AvgIpc) is 2.89. The quantitative estimate of drug-likeness (QED) is 0.454. The molecule has 7 nitrogen and oxygen atoms in total. The molecule has 5 rings (SSSR count). The van der Waals surface area contributed by atoms with Gasteiger partial charge in [0, 0.05) is 42.5 Å². The van der Waals surface area contributed by atoms with E-state index in [2.05, 4.69) is 10.3 Å². The van der Waals surface area contributed by atoms with Crippen LogP contribution in [0.15, 0.2) is 60.8 Å². The number of halogens is 1. The number of nitrogens with one attached hydrogen (secondary N) is 1. The lowest BCUT2D eigenvalue weighted by molar-refractivity contribution is 0.00863. The van der Waals surface area contributed by atoms with Gasteiger partial charge in [-0.15, -0.1) is 0 Å². The van der Waals surface area contributed by atoms with E-state index >= 15 is 0 Å². The van der Waals surface area contributed by atoms with E-state index in [9.17, 15) is 9.59 Å². The lowest BCUT2D eigenvalue weighted by Gasteiger charge is -2.52. The molecule has 0 atom stereocenters. The molecule has 2 aliphatic rings. The number of hydrogen-bond donors (Lipinski definition) is 1. The minimum atomic E-state index is -0.0614. The Labute approximate surface area is 221 Å². The first-order valence-corrected chi connectivity index (χ1v) is 12.9. The number of amides is 2. The van der Waals surface area contributed by atoms with Gasteiger partial charge in [0.25, 0.3) is 11.8 Å². The van der Waals surface area contributed by atoms with E-state index in [1.54, 1.807) is 49.6 Å². The number of carbonyl (C=O) groups is 2. The number of rotatable bonds is 6. The van der Waals surface area contributed by atoms with Crippen LogP contribution in [0.3, 0.4) is 0 Å². The summed E-state index contributed by atoms with van der Waals surface area (Å²) in [5.74, 6) is 1.71. The van der Waals surface area contributed by atoms with Gasteiger partial charge in [0.15, 0.2) is 0 Å². The molecule has 8 heteroatoms. The van der Waals surface area contributed by atoms with E-state index in [-0.39, 0.29) is 23.3 Å². The Morgan fingerprint density at radius 3 is 2.38 bits per heavy atom. The van der Waals surface area contributed by atoms with Gasteiger partial charge in [-0.3, -0.25) is 9.59 Å². The van der Waals surface area contributed by atoms with Gasteiger partial charge in [-0.05, 0) is 92.1 Å². The van der Waals surface area contributed by atoms with Crippen LogP contribution in [0, 0.1) is 12.3 Å². The number of likely N-dealkylation sites (tertiary alicyclic amines) is 1. The van der Waals surface area contributed by atoms with E-state index in [4.69, 9.17) is 21.1 Å². The third kappa shape index (κ3) is 5.72. The third-order valence-electron chi connectivity index (χ3n) is 7.38. The van der Waals surface area contributed by atoms with Crippen molar-refractivity contribution in [2.75, 3.05) is 20.2 Å². The van der Waals surface area contributed by atoms with Gasteiger partial charge in [-0.25, -0.2) is 4.98 Å². The molecular formula is C29H30ClN3O4. The molecule has 2 aromatic carbocycles. The molecule has 2 heterocycles. The maximum Gasteiger partial charge on any atom is 0.253 e. The highest BCUT2D eigenvalue weighted by molar-refractivity contribution is 6.30. The summed E-state index contributed by atoms with van der Waals surface area (Å²) >= 11 is 5.86. The molecule has 1 saturated carbocycles. The highest BCUT2D eigenvalue weighted by Gasteiger charge is 2.46. The van der Waals surface area contributed by atoms with Crippen molar-refractivity contribution < 1.29 is 19.1 Å². The van der Waals surface area contributed by atoms with Crippen molar-refractivity contribution in [3.05, 3.63) is 82.5 Å². The highest BCUT2D eigenvalue weighted by atomic mass is 35.5. The summed E-state index contributed by atoms with van der Waals surface area (Å²) in [5.41, 5.74) is 2.47. The third-order valence-corrected chi connectivity index (χ3v) is 7.60. The summed E-state index contributed by atoms with van der Waals surface area (Å²) in [6.07, 6.45) is 5.33. The summed E-state index contributed by atoms with van der Waals surface area (Å²) in [7, 11) is 1.60. The summed E-state index contributed by atoms with van der Waals surface area (Å²) < 4.78 is 11.0. The van der Waals surface area contributed by atoms with E-state index in [0.717, 1.165) is 44.3 Å². The molecule has 2 amide bonds. The second-order valence-electron chi connectivity index (χ2n) is 10.1. The van der Waals surface area contributed by atoms with E-state index in [1.165, 1.54) is 6.20 Å². The van der Waals surface area contributed by atoms with Crippen molar-refractivity contribution in [2.24, 2.45) is 5.41 Å². The van der Waals surface area contributed by atoms with Crippen molar-refractivity contribution in [1.82, 2.24) is 15.2 Å². The summed E-state index contributed by atoms with van der Waals surface area (Å²) in [6.45, 7) is 3.40. The van der Waals surface area contributed by atoms with Crippen LogP contribution >= 0.6 is 11.6 Å². The van der Waals surface area contributed by atoms with E-state index in [0.29, 0.717) is 33.5 Å². The van der Waals surface area contributed by atoms with Crippen LogP contribution < -0.4 is 14.8 Å². The van der Waals surface area contributed by atoms with Crippen LogP contribution in [0.1, 0.15) is 52.0 Å². The number of methoxy groups -OCH3 is 1. The Morgan fingerprint density at radius 1 is 1.00 bits per heavy atom. The van der Waals surface area contributed by atoms with Crippen LogP contribution in [0.5, 0.6) is 17.4 Å². The number of aromatic nitrogens is 1. The average molecular weight is 520 g/mol. The molecule has 3 aromatic rings. The second kappa shape index (κ2) is 10.4. The number of hydrogen-bond acceptors (Lipinski definition) is 5. The molecule has 1 spiro atoms. The van der Waals surface area contributed by atoms with E-state index < -0.39 is 0 Å². The molecule has 1 N–H and O–H groups in total. The van der Waals surface area contributed by atoms with Crippen LogP contribution in [0.2, 0.25) is 5.02 Å². The van der Waals surface area contributed by atoms with Crippen molar-refractivity contribution in [3.63, 3.8) is 0 Å². The fraction of sp³-hybridized carbons (Fsp3) is 0.345. The van der Waals surface area contributed by atoms with Gasteiger partial charge < -0.3 is 19.7 Å². The largest absolute Gasteiger partial charge is 0.497 e. The molecule has 2 fully saturated rings. The SMILES string of the molecule is COc1cc(C)cc(C(=O)NC2CC3(CCN(C(=O)c4ccc(Oc5ccc(Cl)cn5)cc4)CC3)C2)c1. The topological polar surface area (TPSA) is 80.8 Å². The molecule has 37 heavy (non-hydrogen) atoms. The Balaban J connectivity index is 1.10. The predicted octanol–water partition coefficient (Wildman–Crippen LogP) is 5.66. The molecule has 0 bridgehead atoms. The predicted molar refractivity (Wildman–Crippen MR) is 142 cm³/mol. The fourth-order valence-corrected chi connectivity index (χ4v) is 5.45. The number of ether oxygens (including phenoxy) is 2. The number of pyridine rings is 1. The minimum absolute atomic E-state index is 0.0311. The summed E-state index contributed by atoms with van der Waals surface area (Å²) in [6, 6.07) is 16.3. The lowest BCUT2D eigenvalue weighted by atomic mass is 9.60. The zero-order valence-corrected chi connectivity index (χ0v) is 21.8. The summed E-state index contributed by atoms with van der Waals surface area (Å²) in [4.78, 5) is 31.8. The van der Waals surface area contributed by atoms with Gasteiger partial charge in [-0.2, -0.15) is 0 Å². The van der Waals surface area contributed by atoms with Crippen LogP contribution in [0.4, 0.5) is 0 Å². The molecule has 0 unspecified atom stereocenters. The first-order valence-electron chi connectivity index (χ1n) is 12.5. The summed E-state index contributed by atoms with van der Waals surface area (Å²) in [5, 5.41) is 3.71. The van der Waals surface area contributed by atoms with Gasteiger partial charge in [-0.1, -0.05) is 11.6 Å².